The third-order valence-electron chi connectivity index (χ3n) is 4.19. The Kier molecular flexibility index (Phi) is 3.84. The molecule has 0 spiro atoms. The summed E-state index contributed by atoms with van der Waals surface area (Å²) in [5, 5.41) is 10.0. The summed E-state index contributed by atoms with van der Waals surface area (Å²) < 4.78 is 0. The van der Waals surface area contributed by atoms with Crippen molar-refractivity contribution in [3.63, 3.8) is 0 Å². The van der Waals surface area contributed by atoms with Crippen molar-refractivity contribution in [3.05, 3.63) is 53.3 Å². The Labute approximate surface area is 130 Å². The van der Waals surface area contributed by atoms with Crippen LogP contribution in [0.4, 0.5) is 5.69 Å². The Morgan fingerprint density at radius 2 is 1.82 bits per heavy atom. The number of rotatable bonds is 3. The SMILES string of the molecule is Cc1ccc(N(C(=O)c2nc(C)ccc2O)C2CCC2)cc1. The van der Waals surface area contributed by atoms with E-state index in [0.29, 0.717) is 0 Å². The molecule has 1 saturated carbocycles. The van der Waals surface area contributed by atoms with E-state index < -0.39 is 0 Å². The summed E-state index contributed by atoms with van der Waals surface area (Å²) in [7, 11) is 0. The molecule has 1 aliphatic carbocycles. The van der Waals surface area contributed by atoms with Crippen LogP contribution in [0, 0.1) is 13.8 Å². The quantitative estimate of drug-likeness (QED) is 0.941. The highest BCUT2D eigenvalue weighted by Gasteiger charge is 2.32. The van der Waals surface area contributed by atoms with Gasteiger partial charge in [0.1, 0.15) is 5.75 Å². The van der Waals surface area contributed by atoms with Gasteiger partial charge in [-0.25, -0.2) is 4.98 Å². The average Bonchev–Trinajstić information content (AvgIpc) is 2.46. The molecule has 2 aromatic rings. The van der Waals surface area contributed by atoms with Gasteiger partial charge < -0.3 is 10.0 Å². The van der Waals surface area contributed by atoms with Crippen LogP contribution in [0.5, 0.6) is 5.75 Å². The fraction of sp³-hybridized carbons (Fsp3) is 0.333. The topological polar surface area (TPSA) is 53.4 Å². The normalized spacial score (nSPS) is 14.5. The predicted molar refractivity (Wildman–Crippen MR) is 86.3 cm³/mol. The van der Waals surface area contributed by atoms with Gasteiger partial charge in [0.25, 0.3) is 5.91 Å². The minimum absolute atomic E-state index is 0.0629. The van der Waals surface area contributed by atoms with Crippen LogP contribution in [0.1, 0.15) is 41.0 Å². The Balaban J connectivity index is 2.00. The molecular formula is C18H20N2O2. The molecule has 1 heterocycles. The first-order valence-corrected chi connectivity index (χ1v) is 7.63. The van der Waals surface area contributed by atoms with E-state index in [1.807, 2.05) is 38.1 Å². The molecule has 0 aliphatic heterocycles. The Bertz CT molecular complexity index is 691. The van der Waals surface area contributed by atoms with Gasteiger partial charge in [-0.3, -0.25) is 4.79 Å². The minimum atomic E-state index is -0.227. The second kappa shape index (κ2) is 5.79. The molecule has 0 radical (unpaired) electrons. The molecule has 1 aromatic carbocycles. The maximum Gasteiger partial charge on any atom is 0.280 e. The number of aromatic hydroxyl groups is 1. The summed E-state index contributed by atoms with van der Waals surface area (Å²) in [5.41, 5.74) is 2.87. The number of hydrogen-bond acceptors (Lipinski definition) is 3. The fourth-order valence-corrected chi connectivity index (χ4v) is 2.66. The van der Waals surface area contributed by atoms with Crippen molar-refractivity contribution in [1.82, 2.24) is 4.98 Å². The monoisotopic (exact) mass is 296 g/mol. The molecule has 114 valence electrons. The van der Waals surface area contributed by atoms with Gasteiger partial charge in [0.05, 0.1) is 0 Å². The third-order valence-corrected chi connectivity index (χ3v) is 4.19. The Morgan fingerprint density at radius 3 is 2.41 bits per heavy atom. The first-order chi connectivity index (χ1) is 10.6. The van der Waals surface area contributed by atoms with Crippen molar-refractivity contribution in [3.8, 4) is 5.75 Å². The Hall–Kier alpha value is -2.36. The third kappa shape index (κ3) is 2.69. The number of aryl methyl sites for hydroxylation is 2. The maximum atomic E-state index is 12.9. The maximum absolute atomic E-state index is 12.9. The number of nitrogens with zero attached hydrogens (tertiary/aromatic N) is 2. The molecule has 4 heteroatoms. The van der Waals surface area contributed by atoms with E-state index in [0.717, 1.165) is 36.2 Å². The van der Waals surface area contributed by atoms with Crippen LogP contribution in [0.2, 0.25) is 0 Å². The van der Waals surface area contributed by atoms with E-state index in [2.05, 4.69) is 4.98 Å². The van der Waals surface area contributed by atoms with Gasteiger partial charge in [0.2, 0.25) is 0 Å². The smallest absolute Gasteiger partial charge is 0.280 e. The van der Waals surface area contributed by atoms with E-state index in [9.17, 15) is 9.90 Å². The molecule has 3 rings (SSSR count). The number of pyridine rings is 1. The van der Waals surface area contributed by atoms with Crippen LogP contribution >= 0.6 is 0 Å². The second-order valence-corrected chi connectivity index (χ2v) is 5.92. The number of benzene rings is 1. The molecule has 1 aromatic heterocycles. The molecule has 1 fully saturated rings. The van der Waals surface area contributed by atoms with Crippen molar-refractivity contribution in [2.24, 2.45) is 0 Å². The lowest BCUT2D eigenvalue weighted by Crippen LogP contribution is -2.44. The van der Waals surface area contributed by atoms with Gasteiger partial charge in [-0.05, 0) is 57.4 Å². The zero-order valence-corrected chi connectivity index (χ0v) is 12.9. The van der Waals surface area contributed by atoms with Crippen LogP contribution < -0.4 is 4.90 Å². The zero-order chi connectivity index (χ0) is 15.7. The van der Waals surface area contributed by atoms with E-state index >= 15 is 0 Å². The van der Waals surface area contributed by atoms with Crippen molar-refractivity contribution in [2.45, 2.75) is 39.2 Å². The van der Waals surface area contributed by atoms with E-state index in [4.69, 9.17) is 0 Å². The van der Waals surface area contributed by atoms with Crippen LogP contribution in [0.25, 0.3) is 0 Å². The number of anilines is 1. The van der Waals surface area contributed by atoms with Crippen molar-refractivity contribution in [1.29, 1.82) is 0 Å². The highest BCUT2D eigenvalue weighted by molar-refractivity contribution is 6.07. The Morgan fingerprint density at radius 1 is 1.14 bits per heavy atom. The highest BCUT2D eigenvalue weighted by atomic mass is 16.3. The second-order valence-electron chi connectivity index (χ2n) is 5.92. The fourth-order valence-electron chi connectivity index (χ4n) is 2.66. The molecule has 0 atom stereocenters. The highest BCUT2D eigenvalue weighted by Crippen LogP contribution is 2.32. The van der Waals surface area contributed by atoms with Crippen molar-refractivity contribution >= 4 is 11.6 Å². The first kappa shape index (κ1) is 14.6. The number of aromatic nitrogens is 1. The molecule has 1 N–H and O–H groups in total. The molecule has 0 bridgehead atoms. The van der Waals surface area contributed by atoms with E-state index in [1.54, 1.807) is 11.0 Å². The molecule has 1 aliphatic rings. The molecule has 0 unspecified atom stereocenters. The summed E-state index contributed by atoms with van der Waals surface area (Å²) in [6.07, 6.45) is 3.12. The van der Waals surface area contributed by atoms with Gasteiger partial charge in [-0.2, -0.15) is 0 Å². The number of carbonyl (C=O) groups excluding carboxylic acids is 1. The lowest BCUT2D eigenvalue weighted by atomic mass is 9.90. The van der Waals surface area contributed by atoms with Crippen LogP contribution in [0.15, 0.2) is 36.4 Å². The van der Waals surface area contributed by atoms with Gasteiger partial charge in [0.15, 0.2) is 5.69 Å². The number of carbonyl (C=O) groups is 1. The molecule has 0 saturated heterocycles. The molecule has 22 heavy (non-hydrogen) atoms. The molecule has 4 nitrogen and oxygen atoms in total. The predicted octanol–water partition coefficient (Wildman–Crippen LogP) is 3.60. The van der Waals surface area contributed by atoms with Gasteiger partial charge in [0, 0.05) is 17.4 Å². The largest absolute Gasteiger partial charge is 0.505 e. The van der Waals surface area contributed by atoms with Crippen molar-refractivity contribution < 1.29 is 9.90 Å². The van der Waals surface area contributed by atoms with Crippen molar-refractivity contribution in [2.75, 3.05) is 4.90 Å². The van der Waals surface area contributed by atoms with Gasteiger partial charge >= 0.3 is 0 Å². The summed E-state index contributed by atoms with van der Waals surface area (Å²) >= 11 is 0. The van der Waals surface area contributed by atoms with Crippen LogP contribution in [0.3, 0.4) is 0 Å². The standard InChI is InChI=1S/C18H20N2O2/c1-12-6-9-15(10-7-12)20(14-4-3-5-14)18(22)17-16(21)11-8-13(2)19-17/h6-11,14,21H,3-5H2,1-2H3. The summed E-state index contributed by atoms with van der Waals surface area (Å²) in [5.74, 6) is -0.290. The molecule has 1 amide bonds. The zero-order valence-electron chi connectivity index (χ0n) is 12.9. The average molecular weight is 296 g/mol. The lowest BCUT2D eigenvalue weighted by molar-refractivity contribution is 0.0956. The summed E-state index contributed by atoms with van der Waals surface area (Å²) in [6, 6.07) is 11.3. The van der Waals surface area contributed by atoms with Crippen LogP contribution in [-0.4, -0.2) is 22.0 Å². The first-order valence-electron chi connectivity index (χ1n) is 7.63. The summed E-state index contributed by atoms with van der Waals surface area (Å²) in [6.45, 7) is 3.84. The van der Waals surface area contributed by atoms with E-state index in [-0.39, 0.29) is 23.4 Å². The van der Waals surface area contributed by atoms with E-state index in [1.165, 1.54) is 6.07 Å². The summed E-state index contributed by atoms with van der Waals surface area (Å²) in [4.78, 5) is 19.0. The van der Waals surface area contributed by atoms with Crippen LogP contribution in [-0.2, 0) is 0 Å². The number of hydrogen-bond donors (Lipinski definition) is 1. The minimum Gasteiger partial charge on any atom is -0.505 e. The number of amides is 1. The molecular weight excluding hydrogens is 276 g/mol. The lowest BCUT2D eigenvalue weighted by Gasteiger charge is -2.37. The van der Waals surface area contributed by atoms with Gasteiger partial charge in [-0.1, -0.05) is 17.7 Å². The van der Waals surface area contributed by atoms with Gasteiger partial charge in [-0.15, -0.1) is 0 Å².